The van der Waals surface area contributed by atoms with Crippen LogP contribution in [0.1, 0.15) is 49.5 Å². The van der Waals surface area contributed by atoms with Gasteiger partial charge in [-0.2, -0.15) is 0 Å². The lowest BCUT2D eigenvalue weighted by molar-refractivity contribution is 0.0523. The summed E-state index contributed by atoms with van der Waals surface area (Å²) >= 11 is 0. The van der Waals surface area contributed by atoms with Gasteiger partial charge in [0.1, 0.15) is 17.7 Å². The first kappa shape index (κ1) is 27.7. The van der Waals surface area contributed by atoms with E-state index in [2.05, 4.69) is 15.6 Å². The van der Waals surface area contributed by atoms with Gasteiger partial charge in [-0.1, -0.05) is 66.7 Å². The first-order valence-corrected chi connectivity index (χ1v) is 12.7. The molecule has 9 nitrogen and oxygen atoms in total. The van der Waals surface area contributed by atoms with E-state index in [1.54, 1.807) is 32.9 Å². The van der Waals surface area contributed by atoms with E-state index in [-0.39, 0.29) is 18.9 Å². The lowest BCUT2D eigenvalue weighted by Crippen LogP contribution is -2.41. The van der Waals surface area contributed by atoms with Crippen molar-refractivity contribution in [3.8, 4) is 0 Å². The van der Waals surface area contributed by atoms with Gasteiger partial charge in [-0.25, -0.2) is 14.6 Å². The third kappa shape index (κ3) is 8.31. The van der Waals surface area contributed by atoms with Gasteiger partial charge in [0.15, 0.2) is 11.7 Å². The summed E-state index contributed by atoms with van der Waals surface area (Å²) in [7, 11) is 0. The second-order valence-corrected chi connectivity index (χ2v) is 10.2. The van der Waals surface area contributed by atoms with Crippen LogP contribution in [0, 0.1) is 0 Å². The smallest absolute Gasteiger partial charge is 0.407 e. The van der Waals surface area contributed by atoms with Gasteiger partial charge in [0, 0.05) is 6.54 Å². The highest BCUT2D eigenvalue weighted by Crippen LogP contribution is 2.24. The van der Waals surface area contributed by atoms with Crippen molar-refractivity contribution in [3.63, 3.8) is 0 Å². The maximum absolute atomic E-state index is 12.7. The number of carbonyl (C=O) groups is 2. The van der Waals surface area contributed by atoms with Crippen LogP contribution < -0.4 is 10.6 Å². The van der Waals surface area contributed by atoms with E-state index in [0.717, 1.165) is 16.7 Å². The highest BCUT2D eigenvalue weighted by Gasteiger charge is 2.28. The molecule has 0 bridgehead atoms. The van der Waals surface area contributed by atoms with Gasteiger partial charge >= 0.3 is 12.2 Å². The van der Waals surface area contributed by atoms with Crippen LogP contribution in [0.4, 0.5) is 9.59 Å². The van der Waals surface area contributed by atoms with E-state index in [9.17, 15) is 14.7 Å². The summed E-state index contributed by atoms with van der Waals surface area (Å²) < 4.78 is 16.4. The summed E-state index contributed by atoms with van der Waals surface area (Å²) in [6.07, 6.45) is -2.11. The predicted octanol–water partition coefficient (Wildman–Crippen LogP) is 5.42. The molecular weight excluding hydrogens is 498 g/mol. The molecule has 4 aromatic rings. The number of aromatic nitrogens is 1. The Kier molecular flexibility index (Phi) is 8.83. The Morgan fingerprint density at radius 2 is 1.56 bits per heavy atom. The van der Waals surface area contributed by atoms with E-state index in [1.807, 2.05) is 66.7 Å². The molecule has 0 spiro atoms. The Bertz CT molecular complexity index is 1350. The Morgan fingerprint density at radius 1 is 0.897 bits per heavy atom. The molecule has 1 aromatic heterocycles. The van der Waals surface area contributed by atoms with Gasteiger partial charge in [0.25, 0.3) is 0 Å². The highest BCUT2D eigenvalue weighted by atomic mass is 16.6. The summed E-state index contributed by atoms with van der Waals surface area (Å²) in [5.41, 5.74) is 3.14. The number of benzene rings is 3. The van der Waals surface area contributed by atoms with Crippen molar-refractivity contribution in [2.75, 3.05) is 0 Å². The van der Waals surface area contributed by atoms with Crippen molar-refractivity contribution in [1.29, 1.82) is 0 Å². The van der Waals surface area contributed by atoms with E-state index in [4.69, 9.17) is 13.9 Å². The zero-order valence-corrected chi connectivity index (χ0v) is 22.2. The number of hydrogen-bond acceptors (Lipinski definition) is 7. The number of fused-ring (bicyclic) bond motifs is 1. The number of ether oxygens (including phenoxy) is 2. The van der Waals surface area contributed by atoms with Crippen molar-refractivity contribution < 1.29 is 28.6 Å². The van der Waals surface area contributed by atoms with Crippen LogP contribution in [0.15, 0.2) is 83.3 Å². The summed E-state index contributed by atoms with van der Waals surface area (Å²) in [5.74, 6) is 0.0998. The number of aliphatic hydroxyl groups excluding tert-OH is 1. The Balaban J connectivity index is 1.44. The maximum Gasteiger partial charge on any atom is 0.407 e. The molecule has 0 aliphatic carbocycles. The van der Waals surface area contributed by atoms with E-state index >= 15 is 0 Å². The molecule has 0 saturated carbocycles. The fraction of sp³-hybridized carbons (Fsp3) is 0.300. The number of oxazole rings is 1. The number of nitrogens with one attached hydrogen (secondary N) is 2. The van der Waals surface area contributed by atoms with Gasteiger partial charge in [0.2, 0.25) is 5.89 Å². The van der Waals surface area contributed by atoms with Gasteiger partial charge in [-0.3, -0.25) is 0 Å². The number of carbonyl (C=O) groups excluding carboxylic acids is 2. The molecular formula is C30H33N3O6. The van der Waals surface area contributed by atoms with Crippen molar-refractivity contribution >= 4 is 23.3 Å². The minimum Gasteiger partial charge on any atom is -0.445 e. The van der Waals surface area contributed by atoms with Gasteiger partial charge < -0.3 is 29.6 Å². The summed E-state index contributed by atoms with van der Waals surface area (Å²) in [5, 5.41) is 16.7. The second kappa shape index (κ2) is 12.4. The quantitative estimate of drug-likeness (QED) is 0.263. The molecule has 1 unspecified atom stereocenters. The van der Waals surface area contributed by atoms with Crippen molar-refractivity contribution in [2.24, 2.45) is 0 Å². The van der Waals surface area contributed by atoms with Crippen molar-refractivity contribution in [3.05, 3.63) is 101 Å². The topological polar surface area (TPSA) is 123 Å². The third-order valence-electron chi connectivity index (χ3n) is 5.77. The van der Waals surface area contributed by atoms with Gasteiger partial charge in [0.05, 0.1) is 6.04 Å². The van der Waals surface area contributed by atoms with E-state index in [1.165, 1.54) is 0 Å². The molecule has 0 saturated heterocycles. The molecule has 1 heterocycles. The van der Waals surface area contributed by atoms with Crippen LogP contribution in [-0.4, -0.2) is 33.9 Å². The molecule has 204 valence electrons. The van der Waals surface area contributed by atoms with Crippen LogP contribution >= 0.6 is 0 Å². The van der Waals surface area contributed by atoms with Crippen molar-refractivity contribution in [2.45, 2.75) is 58.1 Å². The number of nitrogens with zero attached hydrogens (tertiary/aromatic N) is 1. The standard InChI is InChI=1S/C30H33N3O6/c1-30(2,3)39-28(35)31-18-21-15-13-20(14-16-21)17-24(33-29(36)37-19-22-9-5-4-6-10-22)26(34)27-32-23-11-7-8-12-25(23)38-27/h4-16,24,26,34H,17-19H2,1-3H3,(H,31,35)(H,33,36)/t24-,26?/m0/s1. The van der Waals surface area contributed by atoms with Gasteiger partial charge in [-0.15, -0.1) is 0 Å². The molecule has 0 radical (unpaired) electrons. The first-order chi connectivity index (χ1) is 18.7. The average Bonchev–Trinajstić information content (AvgIpc) is 3.35. The summed E-state index contributed by atoms with van der Waals surface area (Å²) in [4.78, 5) is 29.0. The lowest BCUT2D eigenvalue weighted by Gasteiger charge is -2.22. The van der Waals surface area contributed by atoms with Gasteiger partial charge in [-0.05, 0) is 56.0 Å². The number of hydrogen-bond donors (Lipinski definition) is 3. The van der Waals surface area contributed by atoms with E-state index in [0.29, 0.717) is 17.6 Å². The largest absolute Gasteiger partial charge is 0.445 e. The van der Waals surface area contributed by atoms with E-state index < -0.39 is 29.9 Å². The average molecular weight is 532 g/mol. The molecule has 0 aliphatic heterocycles. The Morgan fingerprint density at radius 3 is 2.26 bits per heavy atom. The lowest BCUT2D eigenvalue weighted by atomic mass is 10.00. The normalized spacial score (nSPS) is 12.9. The molecule has 39 heavy (non-hydrogen) atoms. The maximum atomic E-state index is 12.7. The second-order valence-electron chi connectivity index (χ2n) is 10.2. The van der Waals surface area contributed by atoms with Crippen LogP contribution in [0.3, 0.4) is 0 Å². The van der Waals surface area contributed by atoms with Crippen molar-refractivity contribution in [1.82, 2.24) is 15.6 Å². The fourth-order valence-electron chi connectivity index (χ4n) is 3.88. The molecule has 3 aromatic carbocycles. The molecule has 2 atom stereocenters. The van der Waals surface area contributed by atoms with Crippen LogP contribution in [0.5, 0.6) is 0 Å². The van der Waals surface area contributed by atoms with Crippen LogP contribution in [0.25, 0.3) is 11.1 Å². The minimum atomic E-state index is -1.23. The SMILES string of the molecule is CC(C)(C)OC(=O)NCc1ccc(C[C@H](NC(=O)OCc2ccccc2)C(O)c2nc3ccccc3o2)cc1. The predicted molar refractivity (Wildman–Crippen MR) is 146 cm³/mol. The number of alkyl carbamates (subject to hydrolysis) is 2. The number of aliphatic hydroxyl groups is 1. The number of rotatable bonds is 9. The first-order valence-electron chi connectivity index (χ1n) is 12.7. The molecule has 0 aliphatic rings. The summed E-state index contributed by atoms with van der Waals surface area (Å²) in [6.45, 7) is 5.81. The Hall–Kier alpha value is -4.37. The third-order valence-corrected chi connectivity index (χ3v) is 5.77. The minimum absolute atomic E-state index is 0.0950. The number of para-hydroxylation sites is 2. The molecule has 2 amide bonds. The zero-order chi connectivity index (χ0) is 27.8. The Labute approximate surface area is 227 Å². The molecule has 3 N–H and O–H groups in total. The van der Waals surface area contributed by atoms with Crippen LogP contribution in [-0.2, 0) is 29.0 Å². The summed E-state index contributed by atoms with van der Waals surface area (Å²) in [6, 6.07) is 23.2. The molecule has 0 fully saturated rings. The molecule has 4 rings (SSSR count). The number of amides is 2. The molecule has 9 heteroatoms. The van der Waals surface area contributed by atoms with Crippen LogP contribution in [0.2, 0.25) is 0 Å². The fourth-order valence-corrected chi connectivity index (χ4v) is 3.88. The monoisotopic (exact) mass is 531 g/mol. The zero-order valence-electron chi connectivity index (χ0n) is 22.2. The highest BCUT2D eigenvalue weighted by molar-refractivity contribution is 5.72.